The van der Waals surface area contributed by atoms with E-state index < -0.39 is 25.0 Å². The zero-order valence-electron chi connectivity index (χ0n) is 26.8. The maximum absolute atomic E-state index is 13.3. The molecule has 1 aromatic heterocycles. The Morgan fingerprint density at radius 2 is 1.64 bits per heavy atom. The van der Waals surface area contributed by atoms with Crippen LogP contribution >= 0.6 is 11.8 Å². The van der Waals surface area contributed by atoms with Gasteiger partial charge in [0.25, 0.3) is 0 Å². The van der Waals surface area contributed by atoms with Crippen molar-refractivity contribution in [2.24, 2.45) is 0 Å². The quantitative estimate of drug-likeness (QED) is 0.0578. The number of pyridine rings is 1. The average molecular weight is 695 g/mol. The molecular formula is C34H38N4O6S3. The van der Waals surface area contributed by atoms with E-state index in [1.165, 1.54) is 23.9 Å². The molecule has 2 aromatic carbocycles. The number of thioether (sulfide) groups is 1. The van der Waals surface area contributed by atoms with Gasteiger partial charge in [-0.05, 0) is 70.2 Å². The van der Waals surface area contributed by atoms with Gasteiger partial charge >= 0.3 is 0 Å². The number of rotatable bonds is 13. The van der Waals surface area contributed by atoms with Crippen LogP contribution in [0.4, 0.5) is 5.69 Å². The second kappa shape index (κ2) is 14.6. The summed E-state index contributed by atoms with van der Waals surface area (Å²) in [6, 6.07) is 20.5. The second-order valence-electron chi connectivity index (χ2n) is 10.7. The molecule has 0 saturated heterocycles. The largest absolute Gasteiger partial charge is 0.744 e. The van der Waals surface area contributed by atoms with Crippen LogP contribution in [0.1, 0.15) is 27.7 Å². The summed E-state index contributed by atoms with van der Waals surface area (Å²) >= 11 is 1.38. The van der Waals surface area contributed by atoms with Crippen LogP contribution in [-0.2, 0) is 20.1 Å². The van der Waals surface area contributed by atoms with Crippen molar-refractivity contribution >= 4 is 48.6 Å². The van der Waals surface area contributed by atoms with Crippen molar-refractivity contribution in [2.45, 2.75) is 42.5 Å². The predicted octanol–water partition coefficient (Wildman–Crippen LogP) is 5.23. The van der Waals surface area contributed by atoms with E-state index in [4.69, 9.17) is 4.42 Å². The first-order valence-corrected chi connectivity index (χ1v) is 19.4. The van der Waals surface area contributed by atoms with Gasteiger partial charge in [0.1, 0.15) is 34.6 Å². The molecule has 10 nitrogen and oxygen atoms in total. The zero-order valence-corrected chi connectivity index (χ0v) is 29.2. The standard InChI is InChI=1S/C34H38N4O6S3/c1-5-37(6-2)24-12-15-27-30(21-24)44-31-22-25(38(7-3)8-4)13-16-28(31)34(27)29-17-14-26(23-32(29)47(41,42)43)46(39,40)36-19-20-45-33-11-9-10-18-35-33/h9-18,21-23,36H,5-8,19-20H2,1-4H3. The van der Waals surface area contributed by atoms with Crippen LogP contribution in [0.3, 0.4) is 0 Å². The number of nitrogens with zero attached hydrogens (tertiary/aromatic N) is 3. The van der Waals surface area contributed by atoms with Gasteiger partial charge in [0.05, 0.1) is 20.9 Å². The Balaban J connectivity index is 1.66. The Bertz CT molecular complexity index is 2140. The first-order valence-electron chi connectivity index (χ1n) is 15.5. The van der Waals surface area contributed by atoms with E-state index >= 15 is 0 Å². The highest BCUT2D eigenvalue weighted by molar-refractivity contribution is 7.99. The van der Waals surface area contributed by atoms with E-state index in [-0.39, 0.29) is 17.0 Å². The fourth-order valence-corrected chi connectivity index (χ4v) is 8.35. The lowest BCUT2D eigenvalue weighted by Gasteiger charge is -2.23. The third-order valence-corrected chi connectivity index (χ3v) is 11.3. The monoisotopic (exact) mass is 694 g/mol. The third-order valence-electron chi connectivity index (χ3n) is 8.03. The molecule has 0 bridgehead atoms. The summed E-state index contributed by atoms with van der Waals surface area (Å²) in [5, 5.41) is 2.27. The highest BCUT2D eigenvalue weighted by Crippen LogP contribution is 2.43. The summed E-state index contributed by atoms with van der Waals surface area (Å²) in [6.45, 7) is 11.4. The molecule has 13 heteroatoms. The SMILES string of the molecule is CCN(CC)c1ccc2c(-c3ccc(S(=O)(=O)NCCSc4ccccn4)cc3S(=O)(=O)[O-])c3ccc(=[N+](CC)CC)cc-3oc2c1. The van der Waals surface area contributed by atoms with Gasteiger partial charge in [-0.1, -0.05) is 12.1 Å². The van der Waals surface area contributed by atoms with Crippen molar-refractivity contribution in [3.63, 3.8) is 0 Å². The van der Waals surface area contributed by atoms with Crippen LogP contribution in [0.15, 0.2) is 98.2 Å². The molecule has 0 spiro atoms. The van der Waals surface area contributed by atoms with Gasteiger partial charge in [0, 0.05) is 71.5 Å². The van der Waals surface area contributed by atoms with E-state index in [1.54, 1.807) is 12.3 Å². The van der Waals surface area contributed by atoms with E-state index in [9.17, 15) is 21.4 Å². The summed E-state index contributed by atoms with van der Waals surface area (Å²) in [4.78, 5) is 5.43. The van der Waals surface area contributed by atoms with E-state index in [2.05, 4.69) is 46.9 Å². The topological polar surface area (TPSA) is 136 Å². The van der Waals surface area contributed by atoms with Crippen molar-refractivity contribution < 1.29 is 25.8 Å². The summed E-state index contributed by atoms with van der Waals surface area (Å²) in [5.41, 5.74) is 2.60. The van der Waals surface area contributed by atoms with Crippen molar-refractivity contribution in [1.82, 2.24) is 14.3 Å². The van der Waals surface area contributed by atoms with E-state index in [0.717, 1.165) is 48.3 Å². The number of sulfonamides is 1. The molecule has 248 valence electrons. The second-order valence-corrected chi connectivity index (χ2v) is 14.9. The molecule has 1 N–H and O–H groups in total. The van der Waals surface area contributed by atoms with Gasteiger partial charge < -0.3 is 13.9 Å². The summed E-state index contributed by atoms with van der Waals surface area (Å²) in [6.07, 6.45) is 1.65. The maximum atomic E-state index is 13.3. The van der Waals surface area contributed by atoms with Gasteiger partial charge in [-0.15, -0.1) is 11.8 Å². The van der Waals surface area contributed by atoms with Crippen LogP contribution in [0, 0.1) is 0 Å². The maximum Gasteiger partial charge on any atom is 0.240 e. The number of nitrogens with one attached hydrogen (secondary N) is 1. The van der Waals surface area contributed by atoms with Gasteiger partial charge in [-0.3, -0.25) is 0 Å². The molecule has 5 rings (SSSR count). The molecule has 0 amide bonds. The van der Waals surface area contributed by atoms with Gasteiger partial charge in [-0.25, -0.2) is 31.1 Å². The first kappa shape index (κ1) is 34.6. The van der Waals surface area contributed by atoms with Gasteiger partial charge in [-0.2, -0.15) is 0 Å². The molecule has 0 unspecified atom stereocenters. The molecule has 0 fully saturated rings. The van der Waals surface area contributed by atoms with Crippen molar-refractivity contribution in [2.75, 3.05) is 43.4 Å². The molecule has 2 heterocycles. The van der Waals surface area contributed by atoms with Crippen LogP contribution in [-0.4, -0.2) is 64.8 Å². The Morgan fingerprint density at radius 3 is 2.30 bits per heavy atom. The van der Waals surface area contributed by atoms with Crippen LogP contribution in [0.25, 0.3) is 33.4 Å². The minimum absolute atomic E-state index is 0.0734. The molecule has 0 atom stereocenters. The van der Waals surface area contributed by atoms with Crippen molar-refractivity contribution in [3.8, 4) is 22.5 Å². The van der Waals surface area contributed by atoms with Crippen LogP contribution in [0.2, 0.25) is 0 Å². The third kappa shape index (κ3) is 7.54. The molecule has 1 aliphatic heterocycles. The molecule has 1 aliphatic carbocycles. The summed E-state index contributed by atoms with van der Waals surface area (Å²) in [5.74, 6) is 0.906. The smallest absolute Gasteiger partial charge is 0.240 e. The number of aromatic nitrogens is 1. The zero-order chi connectivity index (χ0) is 33.8. The molecule has 3 aromatic rings. The lowest BCUT2D eigenvalue weighted by atomic mass is 9.93. The Morgan fingerprint density at radius 1 is 0.894 bits per heavy atom. The summed E-state index contributed by atoms with van der Waals surface area (Å²) < 4.78 is 76.1. The normalized spacial score (nSPS) is 12.1. The van der Waals surface area contributed by atoms with Gasteiger partial charge in [0.15, 0.2) is 0 Å². The highest BCUT2D eigenvalue weighted by Gasteiger charge is 2.25. The fourth-order valence-electron chi connectivity index (χ4n) is 5.66. The molecule has 2 aliphatic rings. The minimum Gasteiger partial charge on any atom is -0.744 e. The fraction of sp³-hybridized carbons (Fsp3) is 0.294. The Kier molecular flexibility index (Phi) is 10.7. The first-order chi connectivity index (χ1) is 22.5. The highest BCUT2D eigenvalue weighted by atomic mass is 32.2. The predicted molar refractivity (Wildman–Crippen MR) is 186 cm³/mol. The number of benzene rings is 3. The van der Waals surface area contributed by atoms with Gasteiger partial charge in [0.2, 0.25) is 15.4 Å². The van der Waals surface area contributed by atoms with Crippen molar-refractivity contribution in [3.05, 3.63) is 84.4 Å². The van der Waals surface area contributed by atoms with Crippen LogP contribution < -0.4 is 19.6 Å². The number of fused-ring (bicyclic) bond motifs is 2. The van der Waals surface area contributed by atoms with Crippen LogP contribution in [0.5, 0.6) is 0 Å². The number of anilines is 1. The van der Waals surface area contributed by atoms with Crippen molar-refractivity contribution in [1.29, 1.82) is 0 Å². The van der Waals surface area contributed by atoms with E-state index in [1.807, 2.05) is 48.5 Å². The molecular weight excluding hydrogens is 657 g/mol. The number of hydrogen-bond acceptors (Lipinski definition) is 9. The average Bonchev–Trinajstić information content (AvgIpc) is 3.06. The Labute approximate surface area is 280 Å². The molecule has 47 heavy (non-hydrogen) atoms. The summed E-state index contributed by atoms with van der Waals surface area (Å²) in [7, 11) is -9.26. The number of hydrogen-bond donors (Lipinski definition) is 1. The Hall–Kier alpha value is -3.75. The minimum atomic E-state index is -5.12. The lowest BCUT2D eigenvalue weighted by Crippen LogP contribution is -2.29. The molecule has 0 saturated carbocycles. The lowest BCUT2D eigenvalue weighted by molar-refractivity contribution is 0.463. The molecule has 0 radical (unpaired) electrons. The van der Waals surface area contributed by atoms with E-state index in [0.29, 0.717) is 33.6 Å².